The molecule has 21 aromatic rings. The van der Waals surface area contributed by atoms with Gasteiger partial charge in [-0.05, 0) is 176 Å². The second kappa shape index (κ2) is 38.7. The normalized spacial score (nSPS) is 11.1. The van der Waals surface area contributed by atoms with Gasteiger partial charge in [0.2, 0.25) is 28.7 Å². The number of benzene rings is 18. The molecular formula is C116H72CoN8O14. The van der Waals surface area contributed by atoms with Gasteiger partial charge >= 0.3 is 16.8 Å². The van der Waals surface area contributed by atoms with Crippen LogP contribution in [0.15, 0.2) is 437 Å². The quantitative estimate of drug-likeness (QED) is 0.0443. The van der Waals surface area contributed by atoms with Gasteiger partial charge in [0.1, 0.15) is 86.2 Å². The molecule has 0 fully saturated rings. The van der Waals surface area contributed by atoms with Crippen LogP contribution in [0.25, 0.3) is 89.7 Å². The van der Waals surface area contributed by atoms with Gasteiger partial charge in [-0.15, -0.1) is 0 Å². The Morgan fingerprint density at radius 1 is 0.144 bits per heavy atom. The molecule has 0 unspecified atom stereocenters. The summed E-state index contributed by atoms with van der Waals surface area (Å²) >= 11 is 0. The zero-order valence-corrected chi connectivity index (χ0v) is 74.2. The molecule has 669 valence electrons. The summed E-state index contributed by atoms with van der Waals surface area (Å²) < 4.78 is 104. The molecule has 0 amide bonds. The molecule has 0 saturated carbocycles. The molecule has 0 aliphatic carbocycles. The fraction of sp³-hybridized carbons (Fsp3) is 0. The van der Waals surface area contributed by atoms with E-state index in [0.29, 0.717) is 80.5 Å². The van der Waals surface area contributed by atoms with E-state index in [2.05, 4.69) is 0 Å². The predicted molar refractivity (Wildman–Crippen MR) is 525 cm³/mol. The van der Waals surface area contributed by atoms with Crippen LogP contribution < -0.4 is 76.3 Å². The summed E-state index contributed by atoms with van der Waals surface area (Å²) in [6, 6.07) is 133. The summed E-state index contributed by atoms with van der Waals surface area (Å²) in [5.41, 5.74) is 0.449. The third-order valence-electron chi connectivity index (χ3n) is 22.1. The maximum Gasteiger partial charge on any atom is 2.00 e. The molecular weight excluding hydrogens is 1790 g/mol. The zero-order chi connectivity index (χ0) is 91.9. The summed E-state index contributed by atoms with van der Waals surface area (Å²) in [4.78, 5) is 46.7. The van der Waals surface area contributed by atoms with Crippen molar-refractivity contribution in [1.82, 2.24) is 39.9 Å². The molecule has 18 aromatic carbocycles. The minimum atomic E-state index is -0.102. The Hall–Kier alpha value is -19.0. The topological polar surface area (TPSA) is 235 Å². The molecule has 1 radical (unpaired) electrons. The van der Waals surface area contributed by atoms with E-state index >= 15 is 0 Å². The third-order valence-corrected chi connectivity index (χ3v) is 22.1. The predicted octanol–water partition coefficient (Wildman–Crippen LogP) is 31.2. The molecule has 3 aromatic heterocycles. The number of hydrogen-bond donors (Lipinski definition) is 0. The van der Waals surface area contributed by atoms with Crippen molar-refractivity contribution in [2.45, 2.75) is 0 Å². The molecule has 0 atom stereocenters. The first-order chi connectivity index (χ1) is 68.4. The summed E-state index contributed by atoms with van der Waals surface area (Å²) in [6.07, 6.45) is 0. The van der Waals surface area contributed by atoms with E-state index in [-0.39, 0.29) is 187 Å². The molecule has 8 bridgehead atoms. The Morgan fingerprint density at radius 2 is 0.331 bits per heavy atom. The number of hydrogen-bond acceptors (Lipinski definition) is 20. The fourth-order valence-electron chi connectivity index (χ4n) is 16.0. The van der Waals surface area contributed by atoms with Gasteiger partial charge in [-0.1, -0.05) is 255 Å². The van der Waals surface area contributed by atoms with Gasteiger partial charge < -0.3 is 96.2 Å². The number of rotatable bonds is 28. The fourth-order valence-corrected chi connectivity index (χ4v) is 16.0. The maximum atomic E-state index is 7.55. The number of fused-ring (bicyclic) bond motifs is 20. The van der Waals surface area contributed by atoms with Gasteiger partial charge in [-0.3, -0.25) is 0 Å². The van der Waals surface area contributed by atoms with Crippen LogP contribution in [0, 0.1) is 0 Å². The van der Waals surface area contributed by atoms with E-state index in [4.69, 9.17) is 106 Å². The number of aromatic nitrogens is 8. The molecule has 139 heavy (non-hydrogen) atoms. The number of nitrogens with zero attached hydrogens (tertiary/aromatic N) is 8. The Morgan fingerprint density at radius 3 is 0.597 bits per heavy atom. The van der Waals surface area contributed by atoms with E-state index in [0.717, 1.165) is 0 Å². The van der Waals surface area contributed by atoms with E-state index in [1.54, 1.807) is 12.1 Å². The van der Waals surface area contributed by atoms with E-state index in [1.165, 1.54) is 0 Å². The second-order valence-electron chi connectivity index (χ2n) is 31.3. The van der Waals surface area contributed by atoms with Crippen LogP contribution in [-0.2, 0) is 16.8 Å². The Kier molecular flexibility index (Phi) is 23.8. The second-order valence-corrected chi connectivity index (χ2v) is 31.3. The Labute approximate surface area is 805 Å². The first-order valence-electron chi connectivity index (χ1n) is 44.2. The van der Waals surface area contributed by atoms with Gasteiger partial charge in [-0.2, -0.15) is 0 Å². The molecule has 23 rings (SSSR count). The van der Waals surface area contributed by atoms with Gasteiger partial charge in [-0.25, -0.2) is 9.97 Å². The molecule has 0 saturated heterocycles. The van der Waals surface area contributed by atoms with Crippen molar-refractivity contribution in [3.8, 4) is 207 Å². The summed E-state index contributed by atoms with van der Waals surface area (Å²) in [7, 11) is 0. The average molecular weight is 1860 g/mol. The van der Waals surface area contributed by atoms with Crippen LogP contribution in [0.4, 0.5) is 0 Å². The van der Waals surface area contributed by atoms with Crippen molar-refractivity contribution in [2.24, 2.45) is 0 Å². The van der Waals surface area contributed by atoms with Gasteiger partial charge in [0.05, 0.1) is 40.0 Å². The molecule has 2 aliphatic rings. The SMILES string of the molecule is [Co+2].c1ccc(Oc2cc3c(c(Oc4ccccc4)c2Oc2ccccc2)-c2nc-3nc3[n-]c(nc4nc(nc5[n-]c(n2)c2c(Oc6ccccc6)c(Oc6ccccc6)c(Oc6ccccc6)c(Oc6ccccc6)c52)-c2c(Oc5ccccc5)cc(Oc5ccccc5)c(Oc5ccccc5)c2-4)c2c(Oc4ccccc4)c(Oc4ccccc4)c(Oc4ccccc4)c(Oc4ccccc4)c32)cc1. The van der Waals surface area contributed by atoms with Crippen LogP contribution in [0.1, 0.15) is 0 Å². The van der Waals surface area contributed by atoms with Crippen LogP contribution >= 0.6 is 0 Å². The number of para-hydroxylation sites is 14. The van der Waals surface area contributed by atoms with Gasteiger partial charge in [0, 0.05) is 55.8 Å². The zero-order valence-electron chi connectivity index (χ0n) is 73.2. The van der Waals surface area contributed by atoms with Crippen molar-refractivity contribution >= 4 is 44.1 Å². The first kappa shape index (κ1) is 85.5. The maximum absolute atomic E-state index is 7.55. The van der Waals surface area contributed by atoms with Gasteiger partial charge in [0.15, 0.2) is 46.0 Å². The first-order valence-corrected chi connectivity index (χ1v) is 44.2. The number of ether oxygens (including phenoxy) is 14. The molecule has 0 spiro atoms. The average Bonchev–Trinajstić information content (AvgIpc) is 1.47. The smallest absolute Gasteiger partial charge is 0.456 e. The van der Waals surface area contributed by atoms with Crippen molar-refractivity contribution < 1.29 is 83.1 Å². The summed E-state index contributed by atoms with van der Waals surface area (Å²) in [5, 5.41) is 0.554. The van der Waals surface area contributed by atoms with E-state index in [1.807, 2.05) is 425 Å². The van der Waals surface area contributed by atoms with Crippen LogP contribution in [-0.4, -0.2) is 29.9 Å². The Bertz CT molecular complexity index is 7940. The molecule has 2 aliphatic heterocycles. The molecule has 0 N–H and O–H groups in total. The van der Waals surface area contributed by atoms with Crippen LogP contribution in [0.2, 0.25) is 0 Å². The summed E-state index contributed by atoms with van der Waals surface area (Å²) in [6.45, 7) is 0. The van der Waals surface area contributed by atoms with Crippen molar-refractivity contribution in [2.75, 3.05) is 0 Å². The van der Waals surface area contributed by atoms with Crippen molar-refractivity contribution in [1.29, 1.82) is 0 Å². The van der Waals surface area contributed by atoms with E-state index < -0.39 is 0 Å². The third kappa shape index (κ3) is 18.0. The van der Waals surface area contributed by atoms with Crippen LogP contribution in [0.3, 0.4) is 0 Å². The standard InChI is InChI=1S/C116H72N8O14.Co/c1-15-43-73(44-16-1)125-88-72-90(127-75-47-19-3-20-48-75)98(128-76-49-21-4-22-50-76)93-92(88)111-120-112(93)122-116-95-94(101(131-79-55-27-7-28-56-79)105(135-83-63-35-11-36-64-83)106(136-84-65-37-12-38-66-84)102(95)132-80-57-29-8-30-58-80)113(123-116)118-109-87-71-89(126-74-45-17-2-18-46-74)99(129-77-51-23-5-24-52-77)100(130-78-53-25-6-26-54-78)91(87)110(117-109)119-114-96-97(115(121-111)124-114)104(134-82-61-33-10-34-62-82)108(138-86-69-41-14-42-70-86)107(137-85-67-39-13-40-68-85)103(96)133-81-59-31-9-32-60-81;/h1-72H;/q-2;+2. The Balaban J connectivity index is 0.0000111. The van der Waals surface area contributed by atoms with E-state index in [9.17, 15) is 0 Å². The monoisotopic (exact) mass is 1860 g/mol. The van der Waals surface area contributed by atoms with Crippen molar-refractivity contribution in [3.05, 3.63) is 437 Å². The largest absolute Gasteiger partial charge is 2.00 e. The molecule has 5 heterocycles. The minimum Gasteiger partial charge on any atom is -0.456 e. The van der Waals surface area contributed by atoms with Gasteiger partial charge in [0.25, 0.3) is 0 Å². The molecule has 23 heteroatoms. The van der Waals surface area contributed by atoms with Crippen LogP contribution in [0.5, 0.6) is 161 Å². The minimum absolute atomic E-state index is 0. The van der Waals surface area contributed by atoms with Crippen molar-refractivity contribution in [3.63, 3.8) is 0 Å². The summed E-state index contributed by atoms with van der Waals surface area (Å²) in [5.74, 6) is 5.77. The molecule has 22 nitrogen and oxygen atoms in total.